The molecule has 104 valence electrons. The number of fused-ring (bicyclic) bond motifs is 2. The molecule has 0 aromatic heterocycles. The Balaban J connectivity index is 1.73. The summed E-state index contributed by atoms with van der Waals surface area (Å²) in [6.07, 6.45) is 1.35. The summed E-state index contributed by atoms with van der Waals surface area (Å²) in [4.78, 5) is 26.7. The zero-order valence-electron chi connectivity index (χ0n) is 11.5. The van der Waals surface area contributed by atoms with Crippen molar-refractivity contribution < 1.29 is 9.59 Å². The van der Waals surface area contributed by atoms with E-state index in [4.69, 9.17) is 0 Å². The van der Waals surface area contributed by atoms with Crippen molar-refractivity contribution in [1.29, 1.82) is 0 Å². The van der Waals surface area contributed by atoms with Gasteiger partial charge in [-0.1, -0.05) is 42.5 Å². The molecule has 4 rings (SSSR count). The highest BCUT2D eigenvalue weighted by molar-refractivity contribution is 6.22. The number of benzene rings is 2. The Bertz CT molecular complexity index is 680. The van der Waals surface area contributed by atoms with Crippen LogP contribution in [-0.4, -0.2) is 11.8 Å². The van der Waals surface area contributed by atoms with E-state index in [9.17, 15) is 9.59 Å². The third-order valence-corrected chi connectivity index (χ3v) is 4.57. The molecular weight excluding hydrogens is 262 g/mol. The molecule has 2 unspecified atom stereocenters. The number of nitrogens with zero attached hydrogens (tertiary/aromatic N) is 1. The Labute approximate surface area is 123 Å². The van der Waals surface area contributed by atoms with Crippen molar-refractivity contribution in [3.63, 3.8) is 0 Å². The average Bonchev–Trinajstić information content (AvgIpc) is 2.77. The van der Waals surface area contributed by atoms with Gasteiger partial charge in [0.25, 0.3) is 0 Å². The van der Waals surface area contributed by atoms with Crippen LogP contribution in [0.3, 0.4) is 0 Å². The normalized spacial score (nSPS) is 23.9. The molecule has 0 bridgehead atoms. The highest BCUT2D eigenvalue weighted by Gasteiger charge is 2.49. The maximum atomic E-state index is 12.7. The third kappa shape index (κ3) is 1.81. The van der Waals surface area contributed by atoms with E-state index in [1.165, 1.54) is 16.0 Å². The van der Waals surface area contributed by atoms with Gasteiger partial charge in [-0.25, -0.2) is 0 Å². The number of imide groups is 1. The number of hydrogen-bond acceptors (Lipinski definition) is 2. The van der Waals surface area contributed by atoms with Crippen LogP contribution in [-0.2, 0) is 22.4 Å². The van der Waals surface area contributed by atoms with Crippen molar-refractivity contribution in [3.05, 3.63) is 65.7 Å². The fourth-order valence-corrected chi connectivity index (χ4v) is 3.50. The quantitative estimate of drug-likeness (QED) is 0.751. The van der Waals surface area contributed by atoms with Crippen LogP contribution in [0.15, 0.2) is 54.6 Å². The molecule has 1 heterocycles. The Morgan fingerprint density at radius 1 is 0.714 bits per heavy atom. The van der Waals surface area contributed by atoms with Crippen LogP contribution in [0.25, 0.3) is 0 Å². The molecule has 2 aromatic carbocycles. The highest BCUT2D eigenvalue weighted by Crippen LogP contribution is 2.39. The monoisotopic (exact) mass is 277 g/mol. The van der Waals surface area contributed by atoms with Crippen LogP contribution in [0.5, 0.6) is 0 Å². The lowest BCUT2D eigenvalue weighted by molar-refractivity contribution is -0.122. The number of amides is 2. The summed E-state index contributed by atoms with van der Waals surface area (Å²) >= 11 is 0. The van der Waals surface area contributed by atoms with Crippen LogP contribution >= 0.6 is 0 Å². The average molecular weight is 277 g/mol. The number of carbonyl (C=O) groups is 2. The molecule has 21 heavy (non-hydrogen) atoms. The second-order valence-electron chi connectivity index (χ2n) is 5.74. The number of para-hydroxylation sites is 1. The van der Waals surface area contributed by atoms with Crippen molar-refractivity contribution in [2.75, 3.05) is 4.90 Å². The number of hydrogen-bond donors (Lipinski definition) is 0. The molecule has 0 radical (unpaired) electrons. The van der Waals surface area contributed by atoms with Crippen molar-refractivity contribution in [3.8, 4) is 0 Å². The minimum atomic E-state index is -0.201. The second kappa shape index (κ2) is 4.55. The molecule has 0 N–H and O–H groups in total. The highest BCUT2D eigenvalue weighted by atomic mass is 16.2. The minimum absolute atomic E-state index is 0.0503. The van der Waals surface area contributed by atoms with E-state index >= 15 is 0 Å². The first-order valence-corrected chi connectivity index (χ1v) is 7.25. The predicted octanol–water partition coefficient (Wildman–Crippen LogP) is 2.59. The second-order valence-corrected chi connectivity index (χ2v) is 5.74. The molecule has 3 heteroatoms. The van der Waals surface area contributed by atoms with Crippen LogP contribution in [0.2, 0.25) is 0 Å². The van der Waals surface area contributed by atoms with Crippen LogP contribution in [0, 0.1) is 11.8 Å². The zero-order valence-corrected chi connectivity index (χ0v) is 11.5. The van der Waals surface area contributed by atoms with Crippen LogP contribution in [0.1, 0.15) is 11.1 Å². The number of anilines is 1. The van der Waals surface area contributed by atoms with Crippen molar-refractivity contribution in [2.24, 2.45) is 11.8 Å². The maximum absolute atomic E-state index is 12.7. The van der Waals surface area contributed by atoms with Gasteiger partial charge in [0.05, 0.1) is 17.5 Å². The van der Waals surface area contributed by atoms with E-state index in [1.807, 2.05) is 42.5 Å². The Morgan fingerprint density at radius 3 is 1.71 bits per heavy atom. The number of rotatable bonds is 1. The SMILES string of the molecule is O=C1C2Cc3ccccc3CC2C(=O)N1c1ccccc1. The molecule has 1 aliphatic heterocycles. The van der Waals surface area contributed by atoms with Gasteiger partial charge in [-0.05, 0) is 36.1 Å². The summed E-state index contributed by atoms with van der Waals surface area (Å²) in [7, 11) is 0. The molecule has 1 aliphatic carbocycles. The van der Waals surface area contributed by atoms with Gasteiger partial charge in [-0.15, -0.1) is 0 Å². The van der Waals surface area contributed by atoms with E-state index in [-0.39, 0.29) is 23.7 Å². The molecular formula is C18H15NO2. The smallest absolute Gasteiger partial charge is 0.238 e. The molecule has 0 spiro atoms. The summed E-state index contributed by atoms with van der Waals surface area (Å²) in [6.45, 7) is 0. The Hall–Kier alpha value is -2.42. The fourth-order valence-electron chi connectivity index (χ4n) is 3.50. The van der Waals surface area contributed by atoms with E-state index in [0.29, 0.717) is 18.5 Å². The molecule has 1 fully saturated rings. The predicted molar refractivity (Wildman–Crippen MR) is 79.8 cm³/mol. The molecule has 2 amide bonds. The van der Waals surface area contributed by atoms with Gasteiger partial charge in [0.2, 0.25) is 11.8 Å². The Morgan fingerprint density at radius 2 is 1.19 bits per heavy atom. The van der Waals surface area contributed by atoms with Gasteiger partial charge in [0.15, 0.2) is 0 Å². The summed E-state index contributed by atoms with van der Waals surface area (Å²) < 4.78 is 0. The molecule has 2 aromatic rings. The Kier molecular flexibility index (Phi) is 2.67. The van der Waals surface area contributed by atoms with Crippen LogP contribution < -0.4 is 4.90 Å². The van der Waals surface area contributed by atoms with Gasteiger partial charge in [-0.3, -0.25) is 14.5 Å². The zero-order chi connectivity index (χ0) is 14.4. The third-order valence-electron chi connectivity index (χ3n) is 4.57. The number of carbonyl (C=O) groups excluding carboxylic acids is 2. The molecule has 1 saturated heterocycles. The van der Waals surface area contributed by atoms with E-state index in [0.717, 1.165) is 0 Å². The summed E-state index contributed by atoms with van der Waals surface area (Å²) in [5.74, 6) is -0.503. The lowest BCUT2D eigenvalue weighted by Crippen LogP contribution is -2.30. The van der Waals surface area contributed by atoms with Gasteiger partial charge >= 0.3 is 0 Å². The lowest BCUT2D eigenvalue weighted by Gasteiger charge is -2.23. The van der Waals surface area contributed by atoms with Gasteiger partial charge in [-0.2, -0.15) is 0 Å². The summed E-state index contributed by atoms with van der Waals surface area (Å²) in [5, 5.41) is 0. The first kappa shape index (κ1) is 12.3. The van der Waals surface area contributed by atoms with Crippen LogP contribution in [0.4, 0.5) is 5.69 Å². The lowest BCUT2D eigenvalue weighted by atomic mass is 9.77. The molecule has 3 nitrogen and oxygen atoms in total. The summed E-state index contributed by atoms with van der Waals surface area (Å²) in [6, 6.07) is 17.4. The van der Waals surface area contributed by atoms with E-state index < -0.39 is 0 Å². The first-order chi connectivity index (χ1) is 10.3. The van der Waals surface area contributed by atoms with E-state index in [2.05, 4.69) is 12.1 Å². The standard InChI is InChI=1S/C18H15NO2/c20-17-15-10-12-6-4-5-7-13(12)11-16(15)18(21)19(17)14-8-2-1-3-9-14/h1-9,15-16H,10-11H2. The van der Waals surface area contributed by atoms with Crippen molar-refractivity contribution >= 4 is 17.5 Å². The maximum Gasteiger partial charge on any atom is 0.238 e. The van der Waals surface area contributed by atoms with Crippen molar-refractivity contribution in [2.45, 2.75) is 12.8 Å². The molecule has 0 saturated carbocycles. The van der Waals surface area contributed by atoms with Gasteiger partial charge in [0, 0.05) is 0 Å². The molecule has 2 aliphatic rings. The molecule has 2 atom stereocenters. The topological polar surface area (TPSA) is 37.4 Å². The minimum Gasteiger partial charge on any atom is -0.274 e. The summed E-state index contributed by atoms with van der Waals surface area (Å²) in [5.41, 5.74) is 3.09. The first-order valence-electron chi connectivity index (χ1n) is 7.25. The largest absolute Gasteiger partial charge is 0.274 e. The fraction of sp³-hybridized carbons (Fsp3) is 0.222. The van der Waals surface area contributed by atoms with Crippen molar-refractivity contribution in [1.82, 2.24) is 0 Å². The van der Waals surface area contributed by atoms with Gasteiger partial charge in [0.1, 0.15) is 0 Å². The van der Waals surface area contributed by atoms with Gasteiger partial charge < -0.3 is 0 Å². The van der Waals surface area contributed by atoms with E-state index in [1.54, 1.807) is 0 Å².